The van der Waals surface area contributed by atoms with Crippen molar-refractivity contribution in [1.82, 2.24) is 46.1 Å². The Bertz CT molecular complexity index is 1470. The number of aliphatic carboxylic acids is 2. The first kappa shape index (κ1) is 38.5. The maximum Gasteiger partial charge on any atom is 0.327 e. The van der Waals surface area contributed by atoms with Crippen LogP contribution in [0.5, 0.6) is 0 Å². The Hall–Kier alpha value is -4.98. The number of H-pyrrole nitrogens is 2. The molecule has 0 aromatic carbocycles. The number of carboxylic acid groups (broad SMARTS) is 2. The highest BCUT2D eigenvalue weighted by Crippen LogP contribution is 2.20. The van der Waals surface area contributed by atoms with Crippen molar-refractivity contribution < 1.29 is 43.8 Å². The average Bonchev–Trinajstić information content (AvgIpc) is 3.84. The first-order valence-electron chi connectivity index (χ1n) is 15.5. The highest BCUT2D eigenvalue weighted by atomic mass is 32.1. The maximum atomic E-state index is 14.0. The molecule has 2 aromatic heterocycles. The van der Waals surface area contributed by atoms with E-state index in [0.717, 1.165) is 0 Å². The molecule has 10 N–H and O–H groups in total. The standard InChI is InChI=1S/C29H42N10O9S/c1-14(2)23(27(45)37-20(11-49)29(47)48)38-26(44)21-4-3-5-39(21)28(46)19(7-16-10-32-13-34-16)36-25(43)18(8-22(40)41)35-24(42)17(30)6-15-9-31-12-33-15/h9-10,12-14,17-21,23,49H,3-8,11,30H2,1-2H3,(H,31,33)(H,32,34)(H,35,42)(H,36,43)(H,37,45)(H,38,44)(H,40,41)(H,47,48). The van der Waals surface area contributed by atoms with Crippen molar-refractivity contribution >= 4 is 54.1 Å². The molecule has 268 valence electrons. The van der Waals surface area contributed by atoms with Gasteiger partial charge in [-0.2, -0.15) is 12.6 Å². The molecule has 3 heterocycles. The third-order valence-corrected chi connectivity index (χ3v) is 8.18. The fourth-order valence-corrected chi connectivity index (χ4v) is 5.46. The van der Waals surface area contributed by atoms with Crippen molar-refractivity contribution in [2.45, 2.75) is 82.2 Å². The lowest BCUT2D eigenvalue weighted by Crippen LogP contribution is -2.60. The lowest BCUT2D eigenvalue weighted by Gasteiger charge is -2.31. The Morgan fingerprint density at radius 2 is 1.49 bits per heavy atom. The van der Waals surface area contributed by atoms with Gasteiger partial charge in [-0.05, 0) is 18.8 Å². The number of likely N-dealkylation sites (tertiary alicyclic amines) is 1. The van der Waals surface area contributed by atoms with Crippen molar-refractivity contribution in [3.05, 3.63) is 36.4 Å². The van der Waals surface area contributed by atoms with Crippen LogP contribution in [-0.4, -0.2) is 125 Å². The van der Waals surface area contributed by atoms with Crippen molar-refractivity contribution in [3.8, 4) is 0 Å². The van der Waals surface area contributed by atoms with Gasteiger partial charge in [0, 0.05) is 48.9 Å². The van der Waals surface area contributed by atoms with Crippen LogP contribution >= 0.6 is 12.6 Å². The number of imidazole rings is 2. The third kappa shape index (κ3) is 11.0. The van der Waals surface area contributed by atoms with E-state index in [1.165, 1.54) is 29.9 Å². The highest BCUT2D eigenvalue weighted by molar-refractivity contribution is 7.80. The molecule has 19 nitrogen and oxygen atoms in total. The highest BCUT2D eigenvalue weighted by Gasteiger charge is 2.40. The number of nitrogens with zero attached hydrogens (tertiary/aromatic N) is 3. The van der Waals surface area contributed by atoms with Crippen LogP contribution in [0, 0.1) is 5.92 Å². The molecule has 6 atom stereocenters. The molecular formula is C29H42N10O9S. The quantitative estimate of drug-likeness (QED) is 0.0710. The fraction of sp³-hybridized carbons (Fsp3) is 0.552. The molecular weight excluding hydrogens is 664 g/mol. The topological polar surface area (TPSA) is 295 Å². The Labute approximate surface area is 286 Å². The van der Waals surface area contributed by atoms with Crippen molar-refractivity contribution in [3.63, 3.8) is 0 Å². The average molecular weight is 707 g/mol. The molecule has 0 spiro atoms. The van der Waals surface area contributed by atoms with E-state index in [1.54, 1.807) is 13.8 Å². The first-order valence-corrected chi connectivity index (χ1v) is 16.1. The summed E-state index contributed by atoms with van der Waals surface area (Å²) in [6, 6.07) is -7.55. The molecule has 1 saturated heterocycles. The van der Waals surface area contributed by atoms with Crippen LogP contribution in [0.2, 0.25) is 0 Å². The van der Waals surface area contributed by atoms with E-state index in [9.17, 15) is 43.8 Å². The van der Waals surface area contributed by atoms with Gasteiger partial charge in [0.05, 0.1) is 25.1 Å². The van der Waals surface area contributed by atoms with Gasteiger partial charge < -0.3 is 52.1 Å². The number of amides is 5. The largest absolute Gasteiger partial charge is 0.481 e. The number of hydrogen-bond donors (Lipinski definition) is 10. The molecule has 20 heteroatoms. The van der Waals surface area contributed by atoms with Gasteiger partial charge in [-0.3, -0.25) is 28.8 Å². The van der Waals surface area contributed by atoms with Gasteiger partial charge in [0.2, 0.25) is 29.5 Å². The number of carbonyl (C=O) groups excluding carboxylic acids is 5. The second-order valence-electron chi connectivity index (χ2n) is 11.9. The minimum Gasteiger partial charge on any atom is -0.481 e. The van der Waals surface area contributed by atoms with E-state index >= 15 is 0 Å². The van der Waals surface area contributed by atoms with Crippen LogP contribution in [-0.2, 0) is 46.4 Å². The molecule has 0 saturated carbocycles. The molecule has 1 aliphatic rings. The zero-order valence-electron chi connectivity index (χ0n) is 26.9. The first-order chi connectivity index (χ1) is 23.2. The summed E-state index contributed by atoms with van der Waals surface area (Å²) in [6.45, 7) is 3.44. The number of aromatic amines is 2. The number of aromatic nitrogens is 4. The van der Waals surface area contributed by atoms with Crippen LogP contribution in [0.1, 0.15) is 44.5 Å². The summed E-state index contributed by atoms with van der Waals surface area (Å²) in [7, 11) is 0. The molecule has 3 rings (SSSR count). The van der Waals surface area contributed by atoms with Gasteiger partial charge in [-0.25, -0.2) is 14.8 Å². The Morgan fingerprint density at radius 1 is 0.898 bits per heavy atom. The molecule has 1 fully saturated rings. The van der Waals surface area contributed by atoms with Gasteiger partial charge in [0.25, 0.3) is 0 Å². The van der Waals surface area contributed by atoms with Crippen LogP contribution in [0.25, 0.3) is 0 Å². The monoisotopic (exact) mass is 706 g/mol. The van der Waals surface area contributed by atoms with E-state index in [4.69, 9.17) is 5.73 Å². The second-order valence-corrected chi connectivity index (χ2v) is 12.3. The summed E-state index contributed by atoms with van der Waals surface area (Å²) in [6.07, 6.45) is 5.37. The van der Waals surface area contributed by atoms with E-state index in [-0.39, 0.29) is 31.6 Å². The van der Waals surface area contributed by atoms with Crippen LogP contribution in [0.15, 0.2) is 25.0 Å². The van der Waals surface area contributed by atoms with Crippen LogP contribution < -0.4 is 27.0 Å². The SMILES string of the molecule is CC(C)C(NC(=O)C1CCCN1C(=O)C(Cc1cnc[nH]1)NC(=O)C(CC(=O)O)NC(=O)C(N)Cc1cnc[nH]1)C(=O)NC(CS)C(=O)O. The van der Waals surface area contributed by atoms with Gasteiger partial charge in [0.1, 0.15) is 30.2 Å². The number of hydrogen-bond acceptors (Lipinski definition) is 11. The van der Waals surface area contributed by atoms with E-state index in [1.807, 2.05) is 0 Å². The molecule has 5 amide bonds. The second kappa shape index (κ2) is 18.0. The molecule has 0 radical (unpaired) electrons. The summed E-state index contributed by atoms with van der Waals surface area (Å²) in [5.41, 5.74) is 6.94. The molecule has 49 heavy (non-hydrogen) atoms. The Kier molecular flexibility index (Phi) is 14.1. The lowest BCUT2D eigenvalue weighted by molar-refractivity contribution is -0.144. The summed E-state index contributed by atoms with van der Waals surface area (Å²) >= 11 is 3.95. The van der Waals surface area contributed by atoms with Gasteiger partial charge in [0.15, 0.2) is 0 Å². The Morgan fingerprint density at radius 3 is 2.02 bits per heavy atom. The number of nitrogens with one attached hydrogen (secondary N) is 6. The van der Waals surface area contributed by atoms with Crippen molar-refractivity contribution in [2.75, 3.05) is 12.3 Å². The maximum absolute atomic E-state index is 14.0. The number of carboxylic acids is 2. The number of nitrogens with two attached hydrogens (primary N) is 1. The van der Waals surface area contributed by atoms with Gasteiger partial charge in [-0.15, -0.1) is 0 Å². The van der Waals surface area contributed by atoms with Crippen molar-refractivity contribution in [1.29, 1.82) is 0 Å². The van der Waals surface area contributed by atoms with Crippen molar-refractivity contribution in [2.24, 2.45) is 11.7 Å². The van der Waals surface area contributed by atoms with E-state index < -0.39 is 90.1 Å². The van der Waals surface area contributed by atoms with E-state index in [2.05, 4.69) is 53.8 Å². The fourth-order valence-electron chi connectivity index (χ4n) is 5.21. The minimum atomic E-state index is -1.61. The minimum absolute atomic E-state index is 0.0290. The third-order valence-electron chi connectivity index (χ3n) is 7.82. The Balaban J connectivity index is 1.78. The summed E-state index contributed by atoms with van der Waals surface area (Å²) in [4.78, 5) is 104. The molecule has 0 bridgehead atoms. The predicted molar refractivity (Wildman–Crippen MR) is 174 cm³/mol. The van der Waals surface area contributed by atoms with Gasteiger partial charge >= 0.3 is 11.9 Å². The number of carbonyl (C=O) groups is 7. The number of rotatable bonds is 18. The lowest BCUT2D eigenvalue weighted by atomic mass is 10.0. The van der Waals surface area contributed by atoms with Gasteiger partial charge in [-0.1, -0.05) is 13.8 Å². The molecule has 6 unspecified atom stereocenters. The summed E-state index contributed by atoms with van der Waals surface area (Å²) in [5.74, 6) is -7.18. The smallest absolute Gasteiger partial charge is 0.327 e. The predicted octanol–water partition coefficient (Wildman–Crippen LogP) is -2.68. The normalized spacial score (nSPS) is 17.3. The summed E-state index contributed by atoms with van der Waals surface area (Å²) < 4.78 is 0. The van der Waals surface area contributed by atoms with Crippen LogP contribution in [0.4, 0.5) is 0 Å². The molecule has 2 aromatic rings. The zero-order chi connectivity index (χ0) is 36.2. The number of thiol groups is 1. The molecule has 1 aliphatic heterocycles. The summed E-state index contributed by atoms with van der Waals surface area (Å²) in [5, 5.41) is 28.6. The zero-order valence-corrected chi connectivity index (χ0v) is 27.8. The van der Waals surface area contributed by atoms with E-state index in [0.29, 0.717) is 17.8 Å². The molecule has 0 aliphatic carbocycles. The van der Waals surface area contributed by atoms with Crippen LogP contribution in [0.3, 0.4) is 0 Å².